The molecule has 100 valence electrons. The maximum absolute atomic E-state index is 6.38. The SMILES string of the molecule is Cc1cc(Br)c2cc(Cl)c(N3CCOCC3)nc2c1. The number of halogens is 2. The first-order chi connectivity index (χ1) is 9.15. The molecule has 0 spiro atoms. The van der Waals surface area contributed by atoms with Gasteiger partial charge in [0.15, 0.2) is 0 Å². The third-order valence-corrected chi connectivity index (χ3v) is 4.21. The van der Waals surface area contributed by atoms with Crippen LogP contribution < -0.4 is 4.90 Å². The number of benzene rings is 1. The molecule has 19 heavy (non-hydrogen) atoms. The first-order valence-corrected chi connectivity index (χ1v) is 7.41. The summed E-state index contributed by atoms with van der Waals surface area (Å²) in [5.41, 5.74) is 2.15. The third kappa shape index (κ3) is 2.57. The Balaban J connectivity index is 2.12. The van der Waals surface area contributed by atoms with Crippen LogP contribution >= 0.6 is 27.5 Å². The molecule has 1 fully saturated rings. The van der Waals surface area contributed by atoms with Crippen LogP contribution in [0, 0.1) is 6.92 Å². The molecule has 0 atom stereocenters. The monoisotopic (exact) mass is 340 g/mol. The molecule has 0 amide bonds. The van der Waals surface area contributed by atoms with E-state index in [0.29, 0.717) is 5.02 Å². The van der Waals surface area contributed by atoms with Crippen LogP contribution in [0.15, 0.2) is 22.7 Å². The van der Waals surface area contributed by atoms with Gasteiger partial charge in [0, 0.05) is 22.9 Å². The predicted molar refractivity (Wildman–Crippen MR) is 82.2 cm³/mol. The van der Waals surface area contributed by atoms with E-state index < -0.39 is 0 Å². The minimum atomic E-state index is 0.693. The third-order valence-electron chi connectivity index (χ3n) is 3.27. The maximum Gasteiger partial charge on any atom is 0.148 e. The van der Waals surface area contributed by atoms with E-state index in [1.54, 1.807) is 0 Å². The van der Waals surface area contributed by atoms with Gasteiger partial charge < -0.3 is 9.64 Å². The van der Waals surface area contributed by atoms with Crippen molar-refractivity contribution in [1.29, 1.82) is 0 Å². The van der Waals surface area contributed by atoms with Gasteiger partial charge in [-0.1, -0.05) is 27.5 Å². The number of aromatic nitrogens is 1. The Kier molecular flexibility index (Phi) is 3.65. The highest BCUT2D eigenvalue weighted by atomic mass is 79.9. The molecule has 0 aliphatic carbocycles. The molecule has 1 aliphatic heterocycles. The minimum absolute atomic E-state index is 0.693. The number of pyridine rings is 1. The Morgan fingerprint density at radius 2 is 2.00 bits per heavy atom. The number of ether oxygens (including phenoxy) is 1. The summed E-state index contributed by atoms with van der Waals surface area (Å²) in [7, 11) is 0. The fraction of sp³-hybridized carbons (Fsp3) is 0.357. The summed E-state index contributed by atoms with van der Waals surface area (Å²) < 4.78 is 6.40. The van der Waals surface area contributed by atoms with Gasteiger partial charge in [-0.15, -0.1) is 0 Å². The maximum atomic E-state index is 6.38. The molecule has 0 N–H and O–H groups in total. The first-order valence-electron chi connectivity index (χ1n) is 6.24. The molecule has 0 saturated carbocycles. The smallest absolute Gasteiger partial charge is 0.148 e. The fourth-order valence-electron chi connectivity index (χ4n) is 2.33. The molecule has 3 rings (SSSR count). The zero-order chi connectivity index (χ0) is 13.4. The van der Waals surface area contributed by atoms with Gasteiger partial charge in [0.25, 0.3) is 0 Å². The largest absolute Gasteiger partial charge is 0.378 e. The minimum Gasteiger partial charge on any atom is -0.378 e. The fourth-order valence-corrected chi connectivity index (χ4v) is 3.28. The van der Waals surface area contributed by atoms with E-state index in [4.69, 9.17) is 21.3 Å². The molecule has 1 aromatic heterocycles. The summed E-state index contributed by atoms with van der Waals surface area (Å²) in [6.07, 6.45) is 0. The summed E-state index contributed by atoms with van der Waals surface area (Å²) in [4.78, 5) is 6.91. The van der Waals surface area contributed by atoms with Gasteiger partial charge in [-0.2, -0.15) is 0 Å². The van der Waals surface area contributed by atoms with Gasteiger partial charge in [-0.3, -0.25) is 0 Å². The zero-order valence-electron chi connectivity index (χ0n) is 10.6. The Bertz CT molecular complexity index is 626. The zero-order valence-corrected chi connectivity index (χ0v) is 13.0. The average molecular weight is 342 g/mol. The molecule has 0 bridgehead atoms. The van der Waals surface area contributed by atoms with Crippen molar-refractivity contribution in [2.24, 2.45) is 0 Å². The van der Waals surface area contributed by atoms with Crippen molar-refractivity contribution in [1.82, 2.24) is 4.98 Å². The standard InChI is InChI=1S/C14H14BrClN2O/c1-9-6-11(15)10-8-12(16)14(17-13(10)7-9)18-2-4-19-5-3-18/h6-8H,2-5H2,1H3. The second kappa shape index (κ2) is 5.27. The van der Waals surface area contributed by atoms with Gasteiger partial charge in [-0.25, -0.2) is 4.98 Å². The van der Waals surface area contributed by atoms with Crippen molar-refractivity contribution < 1.29 is 4.74 Å². The molecule has 0 unspecified atom stereocenters. The molecular weight excluding hydrogens is 328 g/mol. The van der Waals surface area contributed by atoms with Gasteiger partial charge >= 0.3 is 0 Å². The quantitative estimate of drug-likeness (QED) is 0.789. The highest BCUT2D eigenvalue weighted by molar-refractivity contribution is 9.10. The van der Waals surface area contributed by atoms with Crippen molar-refractivity contribution in [2.75, 3.05) is 31.2 Å². The van der Waals surface area contributed by atoms with Crippen molar-refractivity contribution in [3.63, 3.8) is 0 Å². The van der Waals surface area contributed by atoms with Crippen LogP contribution in [0.2, 0.25) is 5.02 Å². The number of hydrogen-bond donors (Lipinski definition) is 0. The molecule has 2 heterocycles. The van der Waals surface area contributed by atoms with Crippen LogP contribution in [0.1, 0.15) is 5.56 Å². The number of morpholine rings is 1. The molecule has 1 aromatic carbocycles. The van der Waals surface area contributed by atoms with E-state index in [1.807, 2.05) is 6.07 Å². The first kappa shape index (κ1) is 13.2. The van der Waals surface area contributed by atoms with E-state index in [1.165, 1.54) is 5.56 Å². The lowest BCUT2D eigenvalue weighted by Gasteiger charge is -2.28. The Labute approximate surface area is 125 Å². The number of anilines is 1. The van der Waals surface area contributed by atoms with Crippen LogP contribution in [0.3, 0.4) is 0 Å². The lowest BCUT2D eigenvalue weighted by Crippen LogP contribution is -2.36. The predicted octanol–water partition coefficient (Wildman–Crippen LogP) is 3.80. The van der Waals surface area contributed by atoms with Crippen molar-refractivity contribution in [3.05, 3.63) is 33.3 Å². The lowest BCUT2D eigenvalue weighted by molar-refractivity contribution is 0.122. The topological polar surface area (TPSA) is 25.4 Å². The van der Waals surface area contributed by atoms with Crippen LogP contribution in [-0.2, 0) is 4.74 Å². The van der Waals surface area contributed by atoms with E-state index in [2.05, 4.69) is 39.9 Å². The number of fused-ring (bicyclic) bond motifs is 1. The summed E-state index contributed by atoms with van der Waals surface area (Å²) in [6, 6.07) is 6.15. The number of nitrogens with zero attached hydrogens (tertiary/aromatic N) is 2. The normalized spacial score (nSPS) is 16.1. The summed E-state index contributed by atoms with van der Waals surface area (Å²) in [6.45, 7) is 5.20. The van der Waals surface area contributed by atoms with Crippen LogP contribution in [-0.4, -0.2) is 31.3 Å². The van der Waals surface area contributed by atoms with Gasteiger partial charge in [0.1, 0.15) is 5.82 Å². The van der Waals surface area contributed by atoms with E-state index in [9.17, 15) is 0 Å². The molecule has 1 aliphatic rings. The molecule has 2 aromatic rings. The second-order valence-corrected chi connectivity index (χ2v) is 5.97. The molecule has 1 saturated heterocycles. The Hall–Kier alpha value is -0.840. The van der Waals surface area contributed by atoms with Crippen molar-refractivity contribution in [3.8, 4) is 0 Å². The molecular formula is C14H14BrClN2O. The number of aryl methyl sites for hydroxylation is 1. The second-order valence-electron chi connectivity index (χ2n) is 4.71. The number of hydrogen-bond acceptors (Lipinski definition) is 3. The summed E-state index contributed by atoms with van der Waals surface area (Å²) in [5, 5.41) is 1.74. The highest BCUT2D eigenvalue weighted by Gasteiger charge is 2.17. The molecule has 5 heteroatoms. The van der Waals surface area contributed by atoms with E-state index >= 15 is 0 Å². The lowest BCUT2D eigenvalue weighted by atomic mass is 10.1. The molecule has 0 radical (unpaired) electrons. The van der Waals surface area contributed by atoms with Crippen LogP contribution in [0.25, 0.3) is 10.9 Å². The number of rotatable bonds is 1. The Morgan fingerprint density at radius 3 is 2.74 bits per heavy atom. The van der Waals surface area contributed by atoms with Gasteiger partial charge in [-0.05, 0) is 30.7 Å². The highest BCUT2D eigenvalue weighted by Crippen LogP contribution is 2.32. The van der Waals surface area contributed by atoms with Gasteiger partial charge in [0.05, 0.1) is 23.8 Å². The van der Waals surface area contributed by atoms with Crippen LogP contribution in [0.5, 0.6) is 0 Å². The van der Waals surface area contributed by atoms with Gasteiger partial charge in [0.2, 0.25) is 0 Å². The summed E-state index contributed by atoms with van der Waals surface area (Å²) in [5.74, 6) is 0.856. The van der Waals surface area contributed by atoms with Crippen molar-refractivity contribution in [2.45, 2.75) is 6.92 Å². The molecule has 3 nitrogen and oxygen atoms in total. The van der Waals surface area contributed by atoms with Crippen LogP contribution in [0.4, 0.5) is 5.82 Å². The van der Waals surface area contributed by atoms with E-state index in [-0.39, 0.29) is 0 Å². The average Bonchev–Trinajstić information content (AvgIpc) is 2.40. The van der Waals surface area contributed by atoms with E-state index in [0.717, 1.165) is 47.5 Å². The summed E-state index contributed by atoms with van der Waals surface area (Å²) >= 11 is 9.95. The Morgan fingerprint density at radius 1 is 1.26 bits per heavy atom. The van der Waals surface area contributed by atoms with Crippen molar-refractivity contribution >= 4 is 44.3 Å².